The molecule has 0 radical (unpaired) electrons. The Kier molecular flexibility index (Phi) is 5.16. The summed E-state index contributed by atoms with van der Waals surface area (Å²) in [6.07, 6.45) is 1.55. The number of nitrogens with one attached hydrogen (secondary N) is 1. The van der Waals surface area contributed by atoms with Gasteiger partial charge in [-0.15, -0.1) is 0 Å². The monoisotopic (exact) mass is 419 g/mol. The van der Waals surface area contributed by atoms with Gasteiger partial charge >= 0.3 is 6.03 Å². The van der Waals surface area contributed by atoms with Crippen molar-refractivity contribution in [2.75, 3.05) is 25.0 Å². The summed E-state index contributed by atoms with van der Waals surface area (Å²) in [6, 6.07) is 17.7. The standard InChI is InChI=1S/C24H29N5O2/c1-3-17-10-12-19(13-11-17)27-14-7-15-28-20-21(25-23(27)28)26(2)24(31)29(22(20)30)16-18-8-5-4-6-9-18/h4-6,8-13,20-21,23,25H,3,7,14-16H2,1-2H3. The van der Waals surface area contributed by atoms with Gasteiger partial charge in [0.05, 0.1) is 6.54 Å². The molecular formula is C24H29N5O2. The number of anilines is 1. The van der Waals surface area contributed by atoms with E-state index in [1.807, 2.05) is 30.3 Å². The van der Waals surface area contributed by atoms with Crippen molar-refractivity contribution in [3.8, 4) is 0 Å². The molecule has 3 aliphatic heterocycles. The fourth-order valence-electron chi connectivity index (χ4n) is 5.02. The SMILES string of the molecule is CCc1ccc(N2CCCN3C4C(=O)N(Cc5ccccc5)C(=O)N(C)C4NC23)cc1. The van der Waals surface area contributed by atoms with Gasteiger partial charge in [-0.1, -0.05) is 49.4 Å². The van der Waals surface area contributed by atoms with Crippen molar-refractivity contribution < 1.29 is 9.59 Å². The fourth-order valence-corrected chi connectivity index (χ4v) is 5.02. The molecule has 3 aliphatic rings. The van der Waals surface area contributed by atoms with Crippen LogP contribution in [0.5, 0.6) is 0 Å². The van der Waals surface area contributed by atoms with Gasteiger partial charge in [-0.2, -0.15) is 0 Å². The Morgan fingerprint density at radius 2 is 1.71 bits per heavy atom. The highest BCUT2D eigenvalue weighted by Gasteiger charge is 2.56. The zero-order chi connectivity index (χ0) is 21.5. The van der Waals surface area contributed by atoms with Crippen LogP contribution in [0, 0.1) is 0 Å². The molecule has 0 aliphatic carbocycles. The van der Waals surface area contributed by atoms with E-state index in [2.05, 4.69) is 46.3 Å². The summed E-state index contributed by atoms with van der Waals surface area (Å²) in [4.78, 5) is 34.2. The van der Waals surface area contributed by atoms with Crippen molar-refractivity contribution in [2.45, 2.75) is 44.8 Å². The third-order valence-electron chi connectivity index (χ3n) is 6.73. The van der Waals surface area contributed by atoms with E-state index in [-0.39, 0.29) is 30.4 Å². The Morgan fingerprint density at radius 1 is 0.968 bits per heavy atom. The predicted octanol–water partition coefficient (Wildman–Crippen LogP) is 2.44. The number of benzene rings is 2. The molecule has 31 heavy (non-hydrogen) atoms. The molecule has 0 saturated carbocycles. The van der Waals surface area contributed by atoms with Crippen LogP contribution in [0.15, 0.2) is 54.6 Å². The Labute approximate surface area is 183 Å². The third-order valence-corrected chi connectivity index (χ3v) is 6.73. The largest absolute Gasteiger partial charge is 0.343 e. The molecule has 3 heterocycles. The van der Waals surface area contributed by atoms with Gasteiger partial charge < -0.3 is 9.80 Å². The number of imide groups is 1. The van der Waals surface area contributed by atoms with Crippen LogP contribution >= 0.6 is 0 Å². The Hall–Kier alpha value is -2.90. The molecule has 1 N–H and O–H groups in total. The summed E-state index contributed by atoms with van der Waals surface area (Å²) in [5.74, 6) is -0.116. The minimum Gasteiger partial charge on any atom is -0.343 e. The molecular weight excluding hydrogens is 390 g/mol. The first-order valence-electron chi connectivity index (χ1n) is 11.1. The maximum atomic E-state index is 13.5. The molecule has 7 heteroatoms. The van der Waals surface area contributed by atoms with E-state index in [0.29, 0.717) is 6.54 Å². The van der Waals surface area contributed by atoms with E-state index in [9.17, 15) is 9.59 Å². The second kappa shape index (κ2) is 7.98. The van der Waals surface area contributed by atoms with Gasteiger partial charge in [0, 0.05) is 25.8 Å². The number of likely N-dealkylation sites (N-methyl/N-ethyl adjacent to an activating group) is 1. The average Bonchev–Trinajstić information content (AvgIpc) is 3.21. The maximum Gasteiger partial charge on any atom is 0.328 e. The number of fused-ring (bicyclic) bond motifs is 3. The number of carbonyl (C=O) groups is 2. The molecule has 3 atom stereocenters. The molecule has 7 nitrogen and oxygen atoms in total. The summed E-state index contributed by atoms with van der Waals surface area (Å²) in [5, 5.41) is 3.58. The topological polar surface area (TPSA) is 59.1 Å². The number of carbonyl (C=O) groups excluding carboxylic acids is 2. The average molecular weight is 420 g/mol. The first-order valence-corrected chi connectivity index (χ1v) is 11.1. The van der Waals surface area contributed by atoms with Gasteiger partial charge in [0.2, 0.25) is 0 Å². The molecule has 162 valence electrons. The highest BCUT2D eigenvalue weighted by atomic mass is 16.2. The molecule has 3 saturated heterocycles. The highest BCUT2D eigenvalue weighted by Crippen LogP contribution is 2.33. The first-order chi connectivity index (χ1) is 15.1. The lowest BCUT2D eigenvalue weighted by molar-refractivity contribution is -0.139. The van der Waals surface area contributed by atoms with Crippen molar-refractivity contribution in [1.29, 1.82) is 0 Å². The van der Waals surface area contributed by atoms with Gasteiger partial charge in [0.15, 0.2) is 0 Å². The van der Waals surface area contributed by atoms with E-state index < -0.39 is 0 Å². The van der Waals surface area contributed by atoms with Crippen LogP contribution in [-0.4, -0.2) is 65.3 Å². The molecule has 0 bridgehead atoms. The summed E-state index contributed by atoms with van der Waals surface area (Å²) < 4.78 is 0. The van der Waals surface area contributed by atoms with Gasteiger partial charge in [-0.3, -0.25) is 19.9 Å². The molecule has 3 fully saturated rings. The van der Waals surface area contributed by atoms with E-state index in [0.717, 1.165) is 37.2 Å². The minimum atomic E-state index is -0.380. The van der Waals surface area contributed by atoms with Crippen LogP contribution in [0.3, 0.4) is 0 Å². The summed E-state index contributed by atoms with van der Waals surface area (Å²) in [5.41, 5.74) is 3.40. The van der Waals surface area contributed by atoms with Crippen molar-refractivity contribution in [3.63, 3.8) is 0 Å². The smallest absolute Gasteiger partial charge is 0.328 e. The molecule has 5 rings (SSSR count). The normalized spacial score (nSPS) is 26.3. The number of hydrogen-bond donors (Lipinski definition) is 1. The quantitative estimate of drug-likeness (QED) is 0.825. The number of amides is 3. The predicted molar refractivity (Wildman–Crippen MR) is 119 cm³/mol. The van der Waals surface area contributed by atoms with Crippen LogP contribution in [0.4, 0.5) is 10.5 Å². The van der Waals surface area contributed by atoms with Crippen LogP contribution < -0.4 is 10.2 Å². The number of nitrogens with zero attached hydrogens (tertiary/aromatic N) is 4. The first kappa shape index (κ1) is 20.0. The molecule has 2 aromatic carbocycles. The van der Waals surface area contributed by atoms with Crippen molar-refractivity contribution in [2.24, 2.45) is 0 Å². The minimum absolute atomic E-state index is 0.105. The zero-order valence-electron chi connectivity index (χ0n) is 18.1. The lowest BCUT2D eigenvalue weighted by Crippen LogP contribution is -2.66. The summed E-state index contributed by atoms with van der Waals surface area (Å²) in [6.45, 7) is 4.20. The molecule has 3 amide bonds. The van der Waals surface area contributed by atoms with Crippen LogP contribution in [0.2, 0.25) is 0 Å². The third kappa shape index (κ3) is 3.38. The Bertz CT molecular complexity index is 964. The lowest BCUT2D eigenvalue weighted by Gasteiger charge is -2.44. The molecule has 0 aromatic heterocycles. The summed E-state index contributed by atoms with van der Waals surface area (Å²) in [7, 11) is 1.79. The van der Waals surface area contributed by atoms with Gasteiger partial charge in [0.25, 0.3) is 5.91 Å². The van der Waals surface area contributed by atoms with Gasteiger partial charge in [-0.05, 0) is 36.1 Å². The zero-order valence-corrected chi connectivity index (χ0v) is 18.1. The molecule has 3 unspecified atom stereocenters. The van der Waals surface area contributed by atoms with Crippen molar-refractivity contribution >= 4 is 17.6 Å². The second-order valence-corrected chi connectivity index (χ2v) is 8.54. The Morgan fingerprint density at radius 3 is 2.42 bits per heavy atom. The lowest BCUT2D eigenvalue weighted by atomic mass is 10.1. The van der Waals surface area contributed by atoms with Crippen LogP contribution in [0.25, 0.3) is 0 Å². The van der Waals surface area contributed by atoms with Gasteiger partial charge in [-0.25, -0.2) is 4.79 Å². The second-order valence-electron chi connectivity index (χ2n) is 8.54. The highest BCUT2D eigenvalue weighted by molar-refractivity contribution is 6.00. The number of rotatable bonds is 4. The summed E-state index contributed by atoms with van der Waals surface area (Å²) >= 11 is 0. The fraction of sp³-hybridized carbons (Fsp3) is 0.417. The Balaban J connectivity index is 1.42. The van der Waals surface area contributed by atoms with Crippen molar-refractivity contribution in [1.82, 2.24) is 20.0 Å². The number of urea groups is 1. The molecule has 0 spiro atoms. The number of hydrogen-bond acceptors (Lipinski definition) is 5. The van der Waals surface area contributed by atoms with E-state index >= 15 is 0 Å². The maximum absolute atomic E-state index is 13.5. The van der Waals surface area contributed by atoms with E-state index in [1.165, 1.54) is 10.5 Å². The van der Waals surface area contributed by atoms with Crippen LogP contribution in [0.1, 0.15) is 24.5 Å². The molecule has 2 aromatic rings. The van der Waals surface area contributed by atoms with E-state index in [4.69, 9.17) is 0 Å². The number of aryl methyl sites for hydroxylation is 1. The van der Waals surface area contributed by atoms with Gasteiger partial charge in [0.1, 0.15) is 18.5 Å². The van der Waals surface area contributed by atoms with E-state index in [1.54, 1.807) is 11.9 Å². The van der Waals surface area contributed by atoms with Crippen molar-refractivity contribution in [3.05, 3.63) is 65.7 Å². The van der Waals surface area contributed by atoms with Crippen LogP contribution in [-0.2, 0) is 17.8 Å².